The number of aryl methyl sites for hydroxylation is 1. The van der Waals surface area contributed by atoms with Crippen LogP contribution in [0.5, 0.6) is 0 Å². The molecule has 0 saturated heterocycles. The summed E-state index contributed by atoms with van der Waals surface area (Å²) in [4.78, 5) is 39.1. The molecule has 160 valence electrons. The lowest BCUT2D eigenvalue weighted by Crippen LogP contribution is -2.43. The number of carbonyl (C=O) groups is 1. The van der Waals surface area contributed by atoms with Crippen LogP contribution < -0.4 is 5.56 Å². The second-order valence-corrected chi connectivity index (χ2v) is 10.2. The van der Waals surface area contributed by atoms with Crippen LogP contribution in [0.3, 0.4) is 0 Å². The van der Waals surface area contributed by atoms with E-state index in [4.69, 9.17) is 0 Å². The molecule has 1 amide bonds. The summed E-state index contributed by atoms with van der Waals surface area (Å²) < 4.78 is 0.973. The number of carbonyl (C=O) groups excluding carboxylic acids is 1. The molecule has 0 fully saturated rings. The summed E-state index contributed by atoms with van der Waals surface area (Å²) in [5, 5.41) is 0. The van der Waals surface area contributed by atoms with Crippen molar-refractivity contribution in [2.45, 2.75) is 45.6 Å². The minimum Gasteiger partial charge on any atom is -0.348 e. The van der Waals surface area contributed by atoms with Crippen LogP contribution in [0.15, 0.2) is 45.9 Å². The molecule has 0 saturated carbocycles. The number of fused-ring (bicyclic) bond motifs is 2. The van der Waals surface area contributed by atoms with Crippen molar-refractivity contribution in [2.24, 2.45) is 5.41 Å². The van der Waals surface area contributed by atoms with Crippen LogP contribution in [-0.4, -0.2) is 32.3 Å². The molecular weight excluding hydrogens is 456 g/mol. The lowest BCUT2D eigenvalue weighted by atomic mass is 9.76. The van der Waals surface area contributed by atoms with Crippen molar-refractivity contribution in [3.63, 3.8) is 0 Å². The first-order valence-corrected chi connectivity index (χ1v) is 11.5. The van der Waals surface area contributed by atoms with Crippen molar-refractivity contribution < 1.29 is 4.79 Å². The highest BCUT2D eigenvalue weighted by Gasteiger charge is 2.36. The normalized spacial score (nSPS) is 19.6. The number of pyridine rings is 1. The number of hydrogen-bond acceptors (Lipinski definition) is 3. The minimum atomic E-state index is -0.329. The minimum absolute atomic E-state index is 0.164. The number of rotatable bonds is 2. The third kappa shape index (κ3) is 3.65. The molecule has 7 heteroatoms. The van der Waals surface area contributed by atoms with Crippen molar-refractivity contribution in [3.05, 3.63) is 85.3 Å². The van der Waals surface area contributed by atoms with Crippen molar-refractivity contribution in [2.75, 3.05) is 6.54 Å². The standard InChI is InChI=1S/C24H25BrN4O2/c1-24(2)9-7-15-11-17(22(30)28-19(15)12-24)23(31)29-10-8-18-20(27-13-26-18)21(29)14-3-5-16(25)6-4-14/h3-6,11,13,21H,7-10,12H2,1-2H3,(H,26,27)(H,28,30). The predicted molar refractivity (Wildman–Crippen MR) is 122 cm³/mol. The smallest absolute Gasteiger partial charge is 0.261 e. The highest BCUT2D eigenvalue weighted by Crippen LogP contribution is 2.36. The van der Waals surface area contributed by atoms with Gasteiger partial charge in [-0.3, -0.25) is 9.59 Å². The van der Waals surface area contributed by atoms with Crippen LogP contribution in [0, 0.1) is 5.41 Å². The van der Waals surface area contributed by atoms with Gasteiger partial charge in [0.05, 0.1) is 12.0 Å². The van der Waals surface area contributed by atoms with Gasteiger partial charge in [0, 0.05) is 28.8 Å². The monoisotopic (exact) mass is 480 g/mol. The molecule has 0 radical (unpaired) electrons. The molecule has 0 spiro atoms. The largest absolute Gasteiger partial charge is 0.348 e. The number of nitrogens with one attached hydrogen (secondary N) is 2. The molecule has 0 bridgehead atoms. The van der Waals surface area contributed by atoms with Gasteiger partial charge in [0.1, 0.15) is 11.6 Å². The Morgan fingerprint density at radius 2 is 1.97 bits per heavy atom. The number of hydrogen-bond donors (Lipinski definition) is 2. The first kappa shape index (κ1) is 20.2. The van der Waals surface area contributed by atoms with E-state index in [0.29, 0.717) is 13.0 Å². The molecule has 3 aromatic rings. The third-order valence-electron chi connectivity index (χ3n) is 6.54. The van der Waals surface area contributed by atoms with Crippen LogP contribution in [0.4, 0.5) is 0 Å². The van der Waals surface area contributed by atoms with E-state index in [1.807, 2.05) is 30.3 Å². The Bertz CT molecular complexity index is 1210. The van der Waals surface area contributed by atoms with Crippen LogP contribution in [0.2, 0.25) is 0 Å². The molecule has 2 aromatic heterocycles. The fourth-order valence-electron chi connectivity index (χ4n) is 4.82. The summed E-state index contributed by atoms with van der Waals surface area (Å²) in [6.45, 7) is 4.95. The topological polar surface area (TPSA) is 81.8 Å². The molecule has 6 nitrogen and oxygen atoms in total. The Balaban J connectivity index is 1.55. The summed E-state index contributed by atoms with van der Waals surface area (Å²) in [5.74, 6) is -0.240. The molecule has 31 heavy (non-hydrogen) atoms. The number of aromatic amines is 2. The third-order valence-corrected chi connectivity index (χ3v) is 7.07. The maximum absolute atomic E-state index is 13.7. The van der Waals surface area contributed by atoms with E-state index in [0.717, 1.165) is 51.9 Å². The lowest BCUT2D eigenvalue weighted by Gasteiger charge is -2.35. The zero-order chi connectivity index (χ0) is 21.8. The Morgan fingerprint density at radius 3 is 2.74 bits per heavy atom. The summed E-state index contributed by atoms with van der Waals surface area (Å²) in [6.07, 6.45) is 5.11. The second-order valence-electron chi connectivity index (χ2n) is 9.33. The second kappa shape index (κ2) is 7.48. The molecule has 1 aromatic carbocycles. The quantitative estimate of drug-likeness (QED) is 0.577. The van der Waals surface area contributed by atoms with Gasteiger partial charge in [0.15, 0.2) is 0 Å². The van der Waals surface area contributed by atoms with E-state index in [-0.39, 0.29) is 28.5 Å². The summed E-state index contributed by atoms with van der Waals surface area (Å²) in [6, 6.07) is 9.42. The molecule has 1 unspecified atom stereocenters. The van der Waals surface area contributed by atoms with Gasteiger partial charge < -0.3 is 14.9 Å². The van der Waals surface area contributed by atoms with Gasteiger partial charge in [0.25, 0.3) is 11.5 Å². The Labute approximate surface area is 189 Å². The van der Waals surface area contributed by atoms with Gasteiger partial charge in [-0.2, -0.15) is 0 Å². The molecule has 1 aliphatic heterocycles. The van der Waals surface area contributed by atoms with Crippen molar-refractivity contribution in [1.82, 2.24) is 19.9 Å². The highest BCUT2D eigenvalue weighted by molar-refractivity contribution is 9.10. The maximum Gasteiger partial charge on any atom is 0.261 e. The maximum atomic E-state index is 13.7. The van der Waals surface area contributed by atoms with Crippen molar-refractivity contribution in [3.8, 4) is 0 Å². The van der Waals surface area contributed by atoms with Gasteiger partial charge in [0.2, 0.25) is 0 Å². The SMILES string of the molecule is CC1(C)CCc2cc(C(=O)N3CCc4[nH]cnc4C3c3ccc(Br)cc3)c(=O)[nH]c2C1. The first-order chi connectivity index (χ1) is 14.8. The number of aromatic nitrogens is 3. The molecule has 1 aliphatic carbocycles. The molecule has 3 heterocycles. The number of H-pyrrole nitrogens is 2. The average molecular weight is 481 g/mol. The number of imidazole rings is 1. The van der Waals surface area contributed by atoms with Crippen LogP contribution in [0.25, 0.3) is 0 Å². The van der Waals surface area contributed by atoms with E-state index < -0.39 is 0 Å². The van der Waals surface area contributed by atoms with E-state index in [9.17, 15) is 9.59 Å². The Kier molecular flexibility index (Phi) is 4.88. The van der Waals surface area contributed by atoms with Gasteiger partial charge in [-0.05, 0) is 54.0 Å². The zero-order valence-corrected chi connectivity index (χ0v) is 19.3. The number of amides is 1. The molecule has 2 N–H and O–H groups in total. The highest BCUT2D eigenvalue weighted by atomic mass is 79.9. The van der Waals surface area contributed by atoms with Gasteiger partial charge in [-0.1, -0.05) is 41.9 Å². The number of nitrogens with zero attached hydrogens (tertiary/aromatic N) is 2. The van der Waals surface area contributed by atoms with Crippen molar-refractivity contribution >= 4 is 21.8 Å². The van der Waals surface area contributed by atoms with Gasteiger partial charge in [-0.15, -0.1) is 0 Å². The lowest BCUT2D eigenvalue weighted by molar-refractivity contribution is 0.0688. The molecular formula is C24H25BrN4O2. The van der Waals surface area contributed by atoms with E-state index in [1.165, 1.54) is 0 Å². The van der Waals surface area contributed by atoms with Crippen LogP contribution in [0.1, 0.15) is 64.9 Å². The molecule has 5 rings (SSSR count). The van der Waals surface area contributed by atoms with E-state index >= 15 is 0 Å². The van der Waals surface area contributed by atoms with Crippen molar-refractivity contribution in [1.29, 1.82) is 0 Å². The Morgan fingerprint density at radius 1 is 1.19 bits per heavy atom. The number of benzene rings is 1. The predicted octanol–water partition coefficient (Wildman–Crippen LogP) is 4.16. The Hall–Kier alpha value is -2.67. The summed E-state index contributed by atoms with van der Waals surface area (Å²) >= 11 is 3.48. The fraction of sp³-hybridized carbons (Fsp3) is 0.375. The first-order valence-electron chi connectivity index (χ1n) is 10.7. The number of halogens is 1. The average Bonchev–Trinajstić information content (AvgIpc) is 3.21. The van der Waals surface area contributed by atoms with Crippen LogP contribution >= 0.6 is 15.9 Å². The summed E-state index contributed by atoms with van der Waals surface area (Å²) in [7, 11) is 0. The summed E-state index contributed by atoms with van der Waals surface area (Å²) in [5.41, 5.74) is 4.99. The molecule has 2 aliphatic rings. The van der Waals surface area contributed by atoms with E-state index in [1.54, 1.807) is 11.2 Å². The van der Waals surface area contributed by atoms with Gasteiger partial charge >= 0.3 is 0 Å². The van der Waals surface area contributed by atoms with E-state index in [2.05, 4.69) is 44.7 Å². The fourth-order valence-corrected chi connectivity index (χ4v) is 5.09. The molecule has 1 atom stereocenters. The van der Waals surface area contributed by atoms with Crippen LogP contribution in [-0.2, 0) is 19.3 Å². The van der Waals surface area contributed by atoms with Gasteiger partial charge in [-0.25, -0.2) is 4.98 Å². The zero-order valence-electron chi connectivity index (χ0n) is 17.7.